The highest BCUT2D eigenvalue weighted by atomic mass is 16.2. The first-order valence-electron chi connectivity index (χ1n) is 9.60. The van der Waals surface area contributed by atoms with Crippen LogP contribution in [0, 0.1) is 5.92 Å². The number of aromatic amines is 1. The minimum Gasteiger partial charge on any atom is -0.355 e. The van der Waals surface area contributed by atoms with Gasteiger partial charge in [-0.05, 0) is 48.4 Å². The molecule has 0 spiro atoms. The second-order valence-corrected chi connectivity index (χ2v) is 7.41. The van der Waals surface area contributed by atoms with Gasteiger partial charge in [-0.1, -0.05) is 30.3 Å². The number of hydrogen-bond acceptors (Lipinski definition) is 4. The smallest absolute Gasteiger partial charge is 0.276 e. The summed E-state index contributed by atoms with van der Waals surface area (Å²) in [5.41, 5.74) is 4.50. The van der Waals surface area contributed by atoms with E-state index in [9.17, 15) is 4.79 Å². The summed E-state index contributed by atoms with van der Waals surface area (Å²) in [5, 5.41) is 7.00. The first-order chi connectivity index (χ1) is 13.7. The van der Waals surface area contributed by atoms with Crippen LogP contribution in [-0.2, 0) is 11.2 Å². The SMILES string of the molecule is O=C1NC(NCC2CC2)=N/C1=C\c1c[nH]c2ncc(Cc3ccccc3)cc12. The van der Waals surface area contributed by atoms with E-state index < -0.39 is 0 Å². The molecule has 6 nitrogen and oxygen atoms in total. The van der Waals surface area contributed by atoms with Crippen molar-refractivity contribution in [1.29, 1.82) is 0 Å². The first kappa shape index (κ1) is 16.7. The number of pyridine rings is 1. The summed E-state index contributed by atoms with van der Waals surface area (Å²) >= 11 is 0. The van der Waals surface area contributed by atoms with Gasteiger partial charge in [0.15, 0.2) is 0 Å². The Morgan fingerprint density at radius 2 is 2.04 bits per heavy atom. The Morgan fingerprint density at radius 3 is 2.86 bits per heavy atom. The number of rotatable bonds is 5. The molecule has 0 bridgehead atoms. The number of carbonyl (C=O) groups excluding carboxylic acids is 1. The topological polar surface area (TPSA) is 82.2 Å². The zero-order valence-corrected chi connectivity index (χ0v) is 15.4. The third-order valence-electron chi connectivity index (χ3n) is 5.11. The minimum atomic E-state index is -0.180. The van der Waals surface area contributed by atoms with Gasteiger partial charge in [-0.25, -0.2) is 9.98 Å². The number of aromatic nitrogens is 2. The van der Waals surface area contributed by atoms with E-state index >= 15 is 0 Å². The van der Waals surface area contributed by atoms with Crippen molar-refractivity contribution in [2.45, 2.75) is 19.3 Å². The fourth-order valence-electron chi connectivity index (χ4n) is 3.38. The quantitative estimate of drug-likeness (QED) is 0.603. The van der Waals surface area contributed by atoms with E-state index in [4.69, 9.17) is 0 Å². The van der Waals surface area contributed by atoms with E-state index in [2.05, 4.69) is 43.8 Å². The van der Waals surface area contributed by atoms with Crippen molar-refractivity contribution in [1.82, 2.24) is 20.6 Å². The van der Waals surface area contributed by atoms with E-state index in [1.54, 1.807) is 0 Å². The molecule has 1 fully saturated rings. The van der Waals surface area contributed by atoms with E-state index in [1.807, 2.05) is 36.7 Å². The predicted molar refractivity (Wildman–Crippen MR) is 110 cm³/mol. The van der Waals surface area contributed by atoms with Crippen LogP contribution < -0.4 is 10.6 Å². The molecule has 3 N–H and O–H groups in total. The average Bonchev–Trinajstić information content (AvgIpc) is 3.37. The molecule has 1 aliphatic carbocycles. The molecule has 1 amide bonds. The number of fused-ring (bicyclic) bond motifs is 1. The van der Waals surface area contributed by atoms with Gasteiger partial charge in [-0.3, -0.25) is 10.1 Å². The summed E-state index contributed by atoms with van der Waals surface area (Å²) in [6.45, 7) is 0.867. The zero-order chi connectivity index (χ0) is 18.9. The van der Waals surface area contributed by atoms with Gasteiger partial charge in [0.1, 0.15) is 11.3 Å². The third kappa shape index (κ3) is 3.53. The molecular formula is C22H21N5O. The van der Waals surface area contributed by atoms with Crippen LogP contribution in [0.25, 0.3) is 17.1 Å². The highest BCUT2D eigenvalue weighted by Crippen LogP contribution is 2.27. The fourth-order valence-corrected chi connectivity index (χ4v) is 3.38. The van der Waals surface area contributed by atoms with Gasteiger partial charge in [0.2, 0.25) is 5.96 Å². The van der Waals surface area contributed by atoms with E-state index in [-0.39, 0.29) is 5.91 Å². The van der Waals surface area contributed by atoms with Crippen LogP contribution in [0.15, 0.2) is 59.5 Å². The van der Waals surface area contributed by atoms with Gasteiger partial charge in [-0.2, -0.15) is 0 Å². The number of hydrogen-bond donors (Lipinski definition) is 3. The lowest BCUT2D eigenvalue weighted by Gasteiger charge is -2.02. The van der Waals surface area contributed by atoms with Crippen molar-refractivity contribution in [3.8, 4) is 0 Å². The van der Waals surface area contributed by atoms with Crippen LogP contribution in [-0.4, -0.2) is 28.4 Å². The molecule has 6 heteroatoms. The molecule has 5 rings (SSSR count). The molecule has 28 heavy (non-hydrogen) atoms. The maximum absolute atomic E-state index is 12.3. The minimum absolute atomic E-state index is 0.180. The summed E-state index contributed by atoms with van der Waals surface area (Å²) in [4.78, 5) is 24.4. The van der Waals surface area contributed by atoms with Gasteiger partial charge in [0.05, 0.1) is 0 Å². The Kier molecular flexibility index (Phi) is 4.16. The van der Waals surface area contributed by atoms with Crippen molar-refractivity contribution in [3.63, 3.8) is 0 Å². The molecule has 140 valence electrons. The Morgan fingerprint density at radius 1 is 1.18 bits per heavy atom. The third-order valence-corrected chi connectivity index (χ3v) is 5.11. The molecule has 2 aromatic heterocycles. The van der Waals surface area contributed by atoms with Gasteiger partial charge in [0, 0.05) is 29.9 Å². The highest BCUT2D eigenvalue weighted by Gasteiger charge is 2.24. The average molecular weight is 371 g/mol. The number of benzene rings is 1. The van der Waals surface area contributed by atoms with Gasteiger partial charge >= 0.3 is 0 Å². The number of carbonyl (C=O) groups is 1. The van der Waals surface area contributed by atoms with Crippen LogP contribution in [0.2, 0.25) is 0 Å². The van der Waals surface area contributed by atoms with Crippen LogP contribution in [0.1, 0.15) is 29.5 Å². The molecule has 1 aliphatic heterocycles. The van der Waals surface area contributed by atoms with Gasteiger partial charge < -0.3 is 10.3 Å². The van der Waals surface area contributed by atoms with E-state index in [1.165, 1.54) is 18.4 Å². The van der Waals surface area contributed by atoms with Crippen LogP contribution in [0.4, 0.5) is 0 Å². The second kappa shape index (κ2) is 6.96. The number of amides is 1. The number of guanidine groups is 1. The summed E-state index contributed by atoms with van der Waals surface area (Å²) in [7, 11) is 0. The molecular weight excluding hydrogens is 350 g/mol. The van der Waals surface area contributed by atoms with Crippen molar-refractivity contribution in [3.05, 3.63) is 71.2 Å². The molecule has 3 heterocycles. The van der Waals surface area contributed by atoms with Crippen LogP contribution in [0.3, 0.4) is 0 Å². The van der Waals surface area contributed by atoms with Crippen molar-refractivity contribution in [2.75, 3.05) is 6.54 Å². The van der Waals surface area contributed by atoms with E-state index in [0.29, 0.717) is 11.7 Å². The summed E-state index contributed by atoms with van der Waals surface area (Å²) in [5.74, 6) is 1.09. The number of nitrogens with one attached hydrogen (secondary N) is 3. The Balaban J connectivity index is 1.41. The second-order valence-electron chi connectivity index (χ2n) is 7.41. The van der Waals surface area contributed by atoms with E-state index in [0.717, 1.165) is 41.0 Å². The summed E-state index contributed by atoms with van der Waals surface area (Å²) in [6, 6.07) is 12.4. The lowest BCUT2D eigenvalue weighted by molar-refractivity contribution is -0.115. The predicted octanol–water partition coefficient (Wildman–Crippen LogP) is 2.98. The Labute approximate surface area is 162 Å². The molecule has 0 radical (unpaired) electrons. The van der Waals surface area contributed by atoms with Gasteiger partial charge in [0.25, 0.3) is 5.91 Å². The zero-order valence-electron chi connectivity index (χ0n) is 15.4. The maximum atomic E-state index is 12.3. The highest BCUT2D eigenvalue weighted by molar-refractivity contribution is 6.14. The summed E-state index contributed by atoms with van der Waals surface area (Å²) < 4.78 is 0. The normalized spacial score (nSPS) is 17.8. The molecule has 1 aromatic carbocycles. The molecule has 0 saturated heterocycles. The Bertz CT molecular complexity index is 1090. The molecule has 3 aromatic rings. The fraction of sp³-hybridized carbons (Fsp3) is 0.227. The molecule has 0 unspecified atom stereocenters. The van der Waals surface area contributed by atoms with Crippen LogP contribution in [0.5, 0.6) is 0 Å². The van der Waals surface area contributed by atoms with Crippen molar-refractivity contribution < 1.29 is 4.79 Å². The van der Waals surface area contributed by atoms with Crippen LogP contribution >= 0.6 is 0 Å². The Hall–Kier alpha value is -3.41. The van der Waals surface area contributed by atoms with Crippen molar-refractivity contribution >= 4 is 29.0 Å². The first-order valence-corrected chi connectivity index (χ1v) is 9.60. The monoisotopic (exact) mass is 371 g/mol. The number of nitrogens with zero attached hydrogens (tertiary/aromatic N) is 2. The van der Waals surface area contributed by atoms with Gasteiger partial charge in [-0.15, -0.1) is 0 Å². The maximum Gasteiger partial charge on any atom is 0.276 e. The summed E-state index contributed by atoms with van der Waals surface area (Å²) in [6.07, 6.45) is 8.90. The standard InChI is InChI=1S/C22H21N5O/c28-21-19(26-22(27-21)25-11-15-6-7-15)10-17-13-24-20-18(17)9-16(12-23-20)8-14-4-2-1-3-5-14/h1-5,9-10,12-13,15H,6-8,11H2,(H,23,24)(H2,25,26,27,28)/b19-10-. The molecule has 2 aliphatic rings. The number of aliphatic imine (C=N–C) groups is 1. The largest absolute Gasteiger partial charge is 0.355 e. The lowest BCUT2D eigenvalue weighted by atomic mass is 10.0. The molecule has 0 atom stereocenters. The van der Waals surface area contributed by atoms with Crippen molar-refractivity contribution in [2.24, 2.45) is 10.9 Å². The molecule has 1 saturated carbocycles. The number of H-pyrrole nitrogens is 1. The lowest BCUT2D eigenvalue weighted by Crippen LogP contribution is -2.37.